The van der Waals surface area contributed by atoms with E-state index >= 15 is 0 Å². The van der Waals surface area contributed by atoms with Gasteiger partial charge in [0, 0.05) is 11.5 Å². The van der Waals surface area contributed by atoms with Crippen molar-refractivity contribution in [2.75, 3.05) is 26.2 Å². The normalized spacial score (nSPS) is 38.8. The highest BCUT2D eigenvalue weighted by atomic mass is 16.6. The first-order valence-electron chi connectivity index (χ1n) is 16.3. The van der Waals surface area contributed by atoms with Crippen LogP contribution in [0.2, 0.25) is 0 Å². The van der Waals surface area contributed by atoms with Crippen LogP contribution in [0.15, 0.2) is 44.4 Å². The Morgan fingerprint density at radius 3 is 2.65 bits per heavy atom. The van der Waals surface area contributed by atoms with Crippen molar-refractivity contribution in [1.29, 1.82) is 0 Å². The molecule has 40 heavy (non-hydrogen) atoms. The molecule has 5 aliphatic rings. The molecule has 0 radical (unpaired) electrons. The fourth-order valence-electron chi connectivity index (χ4n) is 9.70. The minimum atomic E-state index is -0.670. The van der Waals surface area contributed by atoms with Gasteiger partial charge in [-0.3, -0.25) is 0 Å². The molecule has 4 aliphatic carbocycles. The van der Waals surface area contributed by atoms with Crippen molar-refractivity contribution in [3.63, 3.8) is 0 Å². The van der Waals surface area contributed by atoms with Crippen LogP contribution >= 0.6 is 0 Å². The molecule has 0 bridgehead atoms. The Labute approximate surface area is 240 Å². The zero-order valence-corrected chi connectivity index (χ0v) is 24.8. The van der Waals surface area contributed by atoms with Crippen molar-refractivity contribution in [1.82, 2.24) is 4.90 Å². The molecule has 6 rings (SSSR count). The molecule has 3 saturated carbocycles. The van der Waals surface area contributed by atoms with Gasteiger partial charge in [0.15, 0.2) is 0 Å². The van der Waals surface area contributed by atoms with Crippen LogP contribution in [-0.2, 0) is 4.84 Å². The molecule has 4 fully saturated rings. The summed E-state index contributed by atoms with van der Waals surface area (Å²) in [5.74, 6) is 1.05. The summed E-state index contributed by atoms with van der Waals surface area (Å²) in [5.41, 5.74) is 2.66. The average molecular weight is 551 g/mol. The molecule has 6 heteroatoms. The van der Waals surface area contributed by atoms with E-state index in [0.29, 0.717) is 18.4 Å². The minimum absolute atomic E-state index is 0.130. The summed E-state index contributed by atoms with van der Waals surface area (Å²) in [4.78, 5) is 20.0. The molecule has 1 saturated heterocycles. The van der Waals surface area contributed by atoms with E-state index in [1.165, 1.54) is 63.4 Å². The lowest BCUT2D eigenvalue weighted by molar-refractivity contribution is -0.176. The highest BCUT2D eigenvalue weighted by molar-refractivity contribution is 5.96. The van der Waals surface area contributed by atoms with E-state index in [2.05, 4.69) is 30.0 Å². The van der Waals surface area contributed by atoms with Gasteiger partial charge in [-0.1, -0.05) is 31.0 Å². The lowest BCUT2D eigenvalue weighted by atomic mass is 9.45. The third-order valence-corrected chi connectivity index (χ3v) is 12.1. The molecule has 0 spiro atoms. The maximum atomic E-state index is 12.4. The van der Waals surface area contributed by atoms with Crippen molar-refractivity contribution in [3.8, 4) is 0 Å². The van der Waals surface area contributed by atoms with Gasteiger partial charge < -0.3 is 19.3 Å². The number of unbranched alkanes of at least 4 members (excludes halogenated alkanes) is 2. The average Bonchev–Trinajstić information content (AvgIpc) is 3.24. The predicted molar refractivity (Wildman–Crippen MR) is 158 cm³/mol. The molecule has 0 amide bonds. The number of allylic oxidation sites excluding steroid dienone is 2. The first kappa shape index (κ1) is 28.2. The number of likely N-dealkylation sites (tertiary alicyclic amines) is 1. The van der Waals surface area contributed by atoms with Gasteiger partial charge in [-0.2, -0.15) is 0 Å². The Morgan fingerprint density at radius 2 is 1.85 bits per heavy atom. The van der Waals surface area contributed by atoms with E-state index in [1.807, 2.05) is 6.07 Å². The van der Waals surface area contributed by atoms with Gasteiger partial charge >= 0.3 is 5.63 Å². The summed E-state index contributed by atoms with van der Waals surface area (Å²) >= 11 is 0. The molecular formula is C34H50N2O4. The number of hydrogen-bond donors (Lipinski definition) is 1. The molecule has 0 aromatic carbocycles. The number of hydrogen-bond acceptors (Lipinski definition) is 6. The number of aliphatic hydroxyl groups is 1. The number of fused-ring (bicyclic) bond motifs is 5. The zero-order valence-electron chi connectivity index (χ0n) is 24.8. The first-order valence-corrected chi connectivity index (χ1v) is 16.3. The monoisotopic (exact) mass is 550 g/mol. The second kappa shape index (κ2) is 11.4. The summed E-state index contributed by atoms with van der Waals surface area (Å²) in [6, 6.07) is 3.45. The Morgan fingerprint density at radius 1 is 1.00 bits per heavy atom. The SMILES string of the molecule is C[C@]12CC/C(=N\OCCCCCN3CCCCC3)C=C1CCC1C2CC[C@]2(C)[C@@H](c3ccc(=O)oc3)CC[C@]12O. The van der Waals surface area contributed by atoms with Gasteiger partial charge in [-0.25, -0.2) is 4.79 Å². The maximum Gasteiger partial charge on any atom is 0.335 e. The molecule has 2 heterocycles. The fourth-order valence-corrected chi connectivity index (χ4v) is 9.70. The van der Waals surface area contributed by atoms with Crippen molar-refractivity contribution < 1.29 is 14.4 Å². The lowest BCUT2D eigenvalue weighted by Crippen LogP contribution is -2.60. The predicted octanol–water partition coefficient (Wildman–Crippen LogP) is 6.83. The molecule has 220 valence electrons. The molecule has 1 aliphatic heterocycles. The number of oxime groups is 1. The van der Waals surface area contributed by atoms with Crippen LogP contribution in [0.1, 0.15) is 115 Å². The van der Waals surface area contributed by atoms with Gasteiger partial charge in [0.05, 0.1) is 17.6 Å². The maximum absolute atomic E-state index is 12.4. The van der Waals surface area contributed by atoms with Gasteiger partial charge in [0.25, 0.3) is 0 Å². The van der Waals surface area contributed by atoms with E-state index in [9.17, 15) is 9.90 Å². The Hall–Kier alpha value is -1.92. The minimum Gasteiger partial charge on any atom is -0.431 e. The highest BCUT2D eigenvalue weighted by Gasteiger charge is 2.66. The van der Waals surface area contributed by atoms with Crippen LogP contribution in [0.25, 0.3) is 0 Å². The second-order valence-electron chi connectivity index (χ2n) is 14.1. The molecular weight excluding hydrogens is 500 g/mol. The Balaban J connectivity index is 1.06. The highest BCUT2D eigenvalue weighted by Crippen LogP contribution is 2.69. The largest absolute Gasteiger partial charge is 0.431 e. The third-order valence-electron chi connectivity index (χ3n) is 12.1. The number of nitrogens with zero attached hydrogens (tertiary/aromatic N) is 2. The van der Waals surface area contributed by atoms with Crippen molar-refractivity contribution in [3.05, 3.63) is 46.0 Å². The van der Waals surface area contributed by atoms with Crippen LogP contribution in [-0.4, -0.2) is 47.6 Å². The van der Waals surface area contributed by atoms with Crippen molar-refractivity contribution in [2.45, 2.75) is 115 Å². The molecule has 1 aromatic heterocycles. The summed E-state index contributed by atoms with van der Waals surface area (Å²) < 4.78 is 5.24. The molecule has 6 atom stereocenters. The lowest BCUT2D eigenvalue weighted by Gasteiger charge is -2.61. The number of piperidine rings is 1. The van der Waals surface area contributed by atoms with E-state index in [4.69, 9.17) is 9.25 Å². The summed E-state index contributed by atoms with van der Waals surface area (Å²) in [5, 5.41) is 17.0. The molecule has 1 aromatic rings. The third kappa shape index (κ3) is 5.02. The van der Waals surface area contributed by atoms with Crippen molar-refractivity contribution >= 4 is 5.71 Å². The first-order chi connectivity index (χ1) is 19.3. The van der Waals surface area contributed by atoms with E-state index in [0.717, 1.165) is 69.1 Å². The smallest absolute Gasteiger partial charge is 0.335 e. The van der Waals surface area contributed by atoms with Crippen LogP contribution < -0.4 is 5.63 Å². The van der Waals surface area contributed by atoms with Gasteiger partial charge in [-0.05, 0) is 144 Å². The number of rotatable bonds is 8. The quantitative estimate of drug-likeness (QED) is 0.284. The second-order valence-corrected chi connectivity index (χ2v) is 14.1. The Bertz CT molecular complexity index is 1150. The van der Waals surface area contributed by atoms with Gasteiger partial charge in [0.2, 0.25) is 0 Å². The van der Waals surface area contributed by atoms with Crippen LogP contribution in [0.5, 0.6) is 0 Å². The fraction of sp³-hybridized carbons (Fsp3) is 0.765. The van der Waals surface area contributed by atoms with E-state index < -0.39 is 5.60 Å². The van der Waals surface area contributed by atoms with Crippen LogP contribution in [0.4, 0.5) is 0 Å². The van der Waals surface area contributed by atoms with Crippen LogP contribution in [0, 0.1) is 22.7 Å². The van der Waals surface area contributed by atoms with Gasteiger partial charge in [0.1, 0.15) is 6.61 Å². The summed E-state index contributed by atoms with van der Waals surface area (Å²) in [6.07, 6.45) is 19.8. The standard InChI is InChI=1S/C34H50N2O4/c1-32-16-13-27(35-40-22-8-4-7-21-36-19-5-3-6-20-36)23-26(32)10-11-30-29(32)14-17-33(2)28(15-18-34(30,33)38)25-9-12-31(37)39-24-25/h9,12,23-24,28-30,38H,3-8,10-11,13-22H2,1-2H3/b35-27+/t28-,29?,30?,32+,33-,34+/m1/s1. The summed E-state index contributed by atoms with van der Waals surface area (Å²) in [7, 11) is 0. The van der Waals surface area contributed by atoms with E-state index in [-0.39, 0.29) is 22.4 Å². The van der Waals surface area contributed by atoms with Gasteiger partial charge in [-0.15, -0.1) is 0 Å². The zero-order chi connectivity index (χ0) is 27.8. The molecule has 6 nitrogen and oxygen atoms in total. The summed E-state index contributed by atoms with van der Waals surface area (Å²) in [6.45, 7) is 9.28. The van der Waals surface area contributed by atoms with E-state index in [1.54, 1.807) is 6.26 Å². The Kier molecular flexibility index (Phi) is 8.04. The molecule has 1 N–H and O–H groups in total. The molecule has 2 unspecified atom stereocenters. The van der Waals surface area contributed by atoms with Crippen LogP contribution in [0.3, 0.4) is 0 Å². The van der Waals surface area contributed by atoms with Crippen molar-refractivity contribution in [2.24, 2.45) is 27.8 Å². The topological polar surface area (TPSA) is 75.3 Å².